The highest BCUT2D eigenvalue weighted by molar-refractivity contribution is 7.10. The normalized spacial score (nSPS) is 18.8. The lowest BCUT2D eigenvalue weighted by molar-refractivity contribution is 0.294. The van der Waals surface area contributed by atoms with E-state index in [0.717, 1.165) is 11.5 Å². The van der Waals surface area contributed by atoms with Gasteiger partial charge < -0.3 is 16.0 Å². The molecule has 4 nitrogen and oxygen atoms in total. The van der Waals surface area contributed by atoms with E-state index < -0.39 is 0 Å². The molecular formula is C11H20N4S. The van der Waals surface area contributed by atoms with Crippen molar-refractivity contribution >= 4 is 22.4 Å². The molecule has 1 aromatic rings. The summed E-state index contributed by atoms with van der Waals surface area (Å²) in [7, 11) is 0. The van der Waals surface area contributed by atoms with E-state index >= 15 is 0 Å². The molecule has 90 valence electrons. The first-order valence-corrected chi connectivity index (χ1v) is 6.70. The number of nitrogens with one attached hydrogen (secondary N) is 1. The number of anilines is 2. The zero-order valence-corrected chi connectivity index (χ0v) is 10.6. The second kappa shape index (κ2) is 5.50. The molecule has 1 unspecified atom stereocenters. The number of rotatable bonds is 5. The van der Waals surface area contributed by atoms with Crippen molar-refractivity contribution in [2.45, 2.75) is 19.8 Å². The lowest BCUT2D eigenvalue weighted by Gasteiger charge is -2.20. The third-order valence-electron chi connectivity index (χ3n) is 2.92. The fourth-order valence-corrected chi connectivity index (χ4v) is 2.70. The summed E-state index contributed by atoms with van der Waals surface area (Å²) in [4.78, 5) is 2.55. The maximum Gasteiger partial charge on any atom is 0.139 e. The van der Waals surface area contributed by atoms with Gasteiger partial charge in [-0.1, -0.05) is 6.92 Å². The van der Waals surface area contributed by atoms with Crippen LogP contribution in [0.15, 0.2) is 6.07 Å². The molecule has 0 bridgehead atoms. The Bertz CT molecular complexity index is 320. The smallest absolute Gasteiger partial charge is 0.139 e. The molecule has 2 rings (SSSR count). The van der Waals surface area contributed by atoms with Crippen LogP contribution in [-0.4, -0.2) is 35.5 Å². The third-order valence-corrected chi connectivity index (χ3v) is 3.68. The lowest BCUT2D eigenvalue weighted by atomic mass is 10.1. The number of likely N-dealkylation sites (tertiary alicyclic amines) is 1. The van der Waals surface area contributed by atoms with Crippen LogP contribution in [0.5, 0.6) is 0 Å². The molecule has 16 heavy (non-hydrogen) atoms. The van der Waals surface area contributed by atoms with Crippen molar-refractivity contribution in [2.24, 2.45) is 5.92 Å². The van der Waals surface area contributed by atoms with Crippen LogP contribution in [0, 0.1) is 5.92 Å². The van der Waals surface area contributed by atoms with Crippen LogP contribution in [0.2, 0.25) is 0 Å². The van der Waals surface area contributed by atoms with E-state index in [1.165, 1.54) is 44.0 Å². The highest BCUT2D eigenvalue weighted by Gasteiger charge is 2.14. The van der Waals surface area contributed by atoms with Gasteiger partial charge in [-0.2, -0.15) is 4.37 Å². The number of nitrogens with two attached hydrogens (primary N) is 1. The lowest BCUT2D eigenvalue weighted by Crippen LogP contribution is -2.28. The average molecular weight is 240 g/mol. The molecule has 2 heterocycles. The van der Waals surface area contributed by atoms with Crippen molar-refractivity contribution < 1.29 is 0 Å². The zero-order chi connectivity index (χ0) is 11.4. The number of aromatic nitrogens is 1. The predicted octanol–water partition coefficient (Wildman–Crippen LogP) is 1.87. The number of hydrogen-bond donors (Lipinski definition) is 2. The summed E-state index contributed by atoms with van der Waals surface area (Å²) in [5.74, 6) is 1.28. The summed E-state index contributed by atoms with van der Waals surface area (Å²) >= 11 is 1.43. The van der Waals surface area contributed by atoms with Crippen molar-refractivity contribution in [3.63, 3.8) is 0 Å². The van der Waals surface area contributed by atoms with Crippen molar-refractivity contribution in [2.75, 3.05) is 37.2 Å². The summed E-state index contributed by atoms with van der Waals surface area (Å²) < 4.78 is 4.04. The topological polar surface area (TPSA) is 54.2 Å². The van der Waals surface area contributed by atoms with Crippen LogP contribution in [0.4, 0.5) is 10.8 Å². The molecule has 0 amide bonds. The van der Waals surface area contributed by atoms with E-state index in [0.29, 0.717) is 11.7 Å². The Balaban J connectivity index is 1.68. The molecule has 1 saturated heterocycles. The Morgan fingerprint density at radius 3 is 2.94 bits per heavy atom. The van der Waals surface area contributed by atoms with E-state index in [2.05, 4.69) is 21.5 Å². The van der Waals surface area contributed by atoms with Crippen LogP contribution < -0.4 is 11.1 Å². The van der Waals surface area contributed by atoms with Crippen LogP contribution in [-0.2, 0) is 0 Å². The summed E-state index contributed by atoms with van der Waals surface area (Å²) in [6.45, 7) is 7.03. The molecule has 1 aliphatic rings. The highest BCUT2D eigenvalue weighted by atomic mass is 32.1. The molecule has 1 aliphatic heterocycles. The predicted molar refractivity (Wildman–Crippen MR) is 69.9 cm³/mol. The van der Waals surface area contributed by atoms with Crippen molar-refractivity contribution in [1.29, 1.82) is 0 Å². The maximum absolute atomic E-state index is 5.57. The largest absolute Gasteiger partial charge is 0.383 e. The van der Waals surface area contributed by atoms with E-state index in [-0.39, 0.29) is 0 Å². The maximum atomic E-state index is 5.57. The van der Waals surface area contributed by atoms with Crippen LogP contribution in [0.25, 0.3) is 0 Å². The highest BCUT2D eigenvalue weighted by Crippen LogP contribution is 2.18. The van der Waals surface area contributed by atoms with Gasteiger partial charge in [-0.25, -0.2) is 0 Å². The Hall–Kier alpha value is -0.810. The molecule has 1 atom stereocenters. The monoisotopic (exact) mass is 240 g/mol. The van der Waals surface area contributed by atoms with E-state index in [4.69, 9.17) is 5.73 Å². The standard InChI is InChI=1S/C11H20N4S/c1-9(8-15-4-2-3-5-15)7-13-11-6-10(12)14-16-11/h6,9,13H,2-5,7-8H2,1H3,(H2,12,14). The Morgan fingerprint density at radius 1 is 1.56 bits per heavy atom. The average Bonchev–Trinajstić information content (AvgIpc) is 2.87. The minimum Gasteiger partial charge on any atom is -0.383 e. The summed E-state index contributed by atoms with van der Waals surface area (Å²) in [6.07, 6.45) is 2.73. The van der Waals surface area contributed by atoms with Gasteiger partial charge in [0.05, 0.1) is 0 Å². The number of nitrogens with zero attached hydrogens (tertiary/aromatic N) is 2. The Kier molecular flexibility index (Phi) is 4.01. The van der Waals surface area contributed by atoms with Crippen LogP contribution in [0.3, 0.4) is 0 Å². The Morgan fingerprint density at radius 2 is 2.31 bits per heavy atom. The molecular weight excluding hydrogens is 220 g/mol. The first kappa shape index (κ1) is 11.7. The van der Waals surface area contributed by atoms with Gasteiger partial charge in [0.1, 0.15) is 10.8 Å². The fourth-order valence-electron chi connectivity index (χ4n) is 2.12. The van der Waals surface area contributed by atoms with Gasteiger partial charge in [-0.3, -0.25) is 0 Å². The summed E-state index contributed by atoms with van der Waals surface area (Å²) in [5.41, 5.74) is 5.57. The second-order valence-electron chi connectivity index (χ2n) is 4.61. The summed E-state index contributed by atoms with van der Waals surface area (Å²) in [5, 5.41) is 4.46. The van der Waals surface area contributed by atoms with Gasteiger partial charge in [-0.05, 0) is 43.4 Å². The van der Waals surface area contributed by atoms with E-state index in [1.807, 2.05) is 6.07 Å². The van der Waals surface area contributed by atoms with Crippen molar-refractivity contribution in [3.05, 3.63) is 6.07 Å². The van der Waals surface area contributed by atoms with Crippen LogP contribution >= 0.6 is 11.5 Å². The number of nitrogen functional groups attached to an aromatic ring is 1. The molecule has 0 aliphatic carbocycles. The van der Waals surface area contributed by atoms with Gasteiger partial charge in [-0.15, -0.1) is 0 Å². The van der Waals surface area contributed by atoms with Gasteiger partial charge in [0, 0.05) is 19.2 Å². The molecule has 0 saturated carbocycles. The van der Waals surface area contributed by atoms with Gasteiger partial charge in [0.2, 0.25) is 0 Å². The summed E-state index contributed by atoms with van der Waals surface area (Å²) in [6, 6.07) is 1.90. The molecule has 1 fully saturated rings. The fraction of sp³-hybridized carbons (Fsp3) is 0.727. The van der Waals surface area contributed by atoms with Crippen molar-refractivity contribution in [3.8, 4) is 0 Å². The van der Waals surface area contributed by atoms with E-state index in [9.17, 15) is 0 Å². The molecule has 5 heteroatoms. The first-order chi connectivity index (χ1) is 7.74. The van der Waals surface area contributed by atoms with Gasteiger partial charge in [0.25, 0.3) is 0 Å². The number of hydrogen-bond acceptors (Lipinski definition) is 5. The quantitative estimate of drug-likeness (QED) is 0.825. The minimum absolute atomic E-state index is 0.611. The Labute approximate surface area is 101 Å². The third kappa shape index (κ3) is 3.35. The zero-order valence-electron chi connectivity index (χ0n) is 9.78. The van der Waals surface area contributed by atoms with Crippen LogP contribution in [0.1, 0.15) is 19.8 Å². The molecule has 0 spiro atoms. The first-order valence-electron chi connectivity index (χ1n) is 5.92. The minimum atomic E-state index is 0.611. The van der Waals surface area contributed by atoms with Gasteiger partial charge in [0.15, 0.2) is 0 Å². The molecule has 1 aromatic heterocycles. The van der Waals surface area contributed by atoms with E-state index in [1.54, 1.807) is 0 Å². The molecule has 3 N–H and O–H groups in total. The molecule has 0 aromatic carbocycles. The SMILES string of the molecule is CC(CNc1cc(N)ns1)CN1CCCC1. The second-order valence-corrected chi connectivity index (χ2v) is 5.41. The molecule has 0 radical (unpaired) electrons. The van der Waals surface area contributed by atoms with Crippen molar-refractivity contribution in [1.82, 2.24) is 9.27 Å². The van der Waals surface area contributed by atoms with Gasteiger partial charge >= 0.3 is 0 Å².